The number of pyridine rings is 1. The van der Waals surface area contributed by atoms with E-state index in [9.17, 15) is 22.4 Å². The highest BCUT2D eigenvalue weighted by atomic mass is 35.5. The molecule has 2 heterocycles. The standard InChI is InChI=1S/C18H13ClF4N4O/c19-14-2-1-3-15(26-14)27-16(18(21,22)23)13(10-25-27)17(28)24-9-8-11-4-6-12(20)7-5-11/h1-7,10H,8-9H2,(H,24,28). The van der Waals surface area contributed by atoms with Crippen LogP contribution in [0.3, 0.4) is 0 Å². The van der Waals surface area contributed by atoms with Gasteiger partial charge in [0.1, 0.15) is 11.0 Å². The molecule has 0 spiro atoms. The number of aromatic nitrogens is 3. The van der Waals surface area contributed by atoms with Crippen molar-refractivity contribution < 1.29 is 22.4 Å². The second kappa shape index (κ2) is 7.97. The average Bonchev–Trinajstić information content (AvgIpc) is 3.09. The van der Waals surface area contributed by atoms with Gasteiger partial charge in [-0.1, -0.05) is 29.8 Å². The molecule has 0 saturated carbocycles. The van der Waals surface area contributed by atoms with Crippen LogP contribution in [0.1, 0.15) is 21.6 Å². The van der Waals surface area contributed by atoms with Crippen LogP contribution in [0.5, 0.6) is 0 Å². The third-order valence-corrected chi connectivity index (χ3v) is 4.02. The van der Waals surface area contributed by atoms with Crippen molar-refractivity contribution in [3.63, 3.8) is 0 Å². The molecule has 0 radical (unpaired) electrons. The van der Waals surface area contributed by atoms with Crippen LogP contribution in [0.4, 0.5) is 17.6 Å². The molecular weight excluding hydrogens is 400 g/mol. The first-order chi connectivity index (χ1) is 13.3. The Morgan fingerprint density at radius 2 is 1.86 bits per heavy atom. The van der Waals surface area contributed by atoms with E-state index in [1.165, 1.54) is 42.5 Å². The van der Waals surface area contributed by atoms with E-state index in [-0.39, 0.29) is 17.5 Å². The molecule has 0 unspecified atom stereocenters. The molecular formula is C18H13ClF4N4O. The zero-order valence-corrected chi connectivity index (χ0v) is 14.9. The average molecular weight is 413 g/mol. The lowest BCUT2D eigenvalue weighted by Crippen LogP contribution is -2.28. The highest BCUT2D eigenvalue weighted by Crippen LogP contribution is 2.33. The molecule has 0 fully saturated rings. The summed E-state index contributed by atoms with van der Waals surface area (Å²) in [7, 11) is 0. The first-order valence-corrected chi connectivity index (χ1v) is 8.44. The first-order valence-electron chi connectivity index (χ1n) is 8.06. The quantitative estimate of drug-likeness (QED) is 0.508. The number of nitrogens with zero attached hydrogens (tertiary/aromatic N) is 3. The number of hydrogen-bond acceptors (Lipinski definition) is 3. The Morgan fingerprint density at radius 3 is 2.50 bits per heavy atom. The topological polar surface area (TPSA) is 59.8 Å². The number of hydrogen-bond donors (Lipinski definition) is 1. The maximum Gasteiger partial charge on any atom is 0.434 e. The Morgan fingerprint density at radius 1 is 1.14 bits per heavy atom. The maximum absolute atomic E-state index is 13.6. The van der Waals surface area contributed by atoms with Gasteiger partial charge in [0, 0.05) is 6.54 Å². The maximum atomic E-state index is 13.6. The Labute approximate surface area is 162 Å². The summed E-state index contributed by atoms with van der Waals surface area (Å²) in [6, 6.07) is 9.73. The van der Waals surface area contributed by atoms with Crippen molar-refractivity contribution in [2.75, 3.05) is 6.54 Å². The van der Waals surface area contributed by atoms with Crippen LogP contribution in [0, 0.1) is 5.82 Å². The summed E-state index contributed by atoms with van der Waals surface area (Å²) in [5.74, 6) is -1.49. The number of nitrogens with one attached hydrogen (secondary N) is 1. The molecule has 146 valence electrons. The van der Waals surface area contributed by atoms with Crippen molar-refractivity contribution in [3.05, 3.63) is 76.5 Å². The van der Waals surface area contributed by atoms with Gasteiger partial charge in [-0.2, -0.15) is 18.3 Å². The van der Waals surface area contributed by atoms with Crippen molar-refractivity contribution >= 4 is 17.5 Å². The van der Waals surface area contributed by atoms with E-state index in [1.54, 1.807) is 0 Å². The van der Waals surface area contributed by atoms with Gasteiger partial charge >= 0.3 is 6.18 Å². The molecule has 1 amide bonds. The number of carbonyl (C=O) groups is 1. The van der Waals surface area contributed by atoms with Crippen molar-refractivity contribution in [1.82, 2.24) is 20.1 Å². The number of rotatable bonds is 5. The minimum atomic E-state index is -4.84. The fourth-order valence-electron chi connectivity index (χ4n) is 2.54. The second-order valence-corrected chi connectivity index (χ2v) is 6.15. The number of alkyl halides is 3. The van der Waals surface area contributed by atoms with E-state index >= 15 is 0 Å². The van der Waals surface area contributed by atoms with Gasteiger partial charge in [-0.15, -0.1) is 0 Å². The van der Waals surface area contributed by atoms with Crippen LogP contribution >= 0.6 is 11.6 Å². The molecule has 1 aromatic carbocycles. The molecule has 5 nitrogen and oxygen atoms in total. The lowest BCUT2D eigenvalue weighted by Gasteiger charge is -2.12. The lowest BCUT2D eigenvalue weighted by molar-refractivity contribution is -0.143. The van der Waals surface area contributed by atoms with Crippen molar-refractivity contribution in [1.29, 1.82) is 0 Å². The molecule has 10 heteroatoms. The van der Waals surface area contributed by atoms with E-state index in [0.717, 1.165) is 11.8 Å². The fraction of sp³-hybridized carbons (Fsp3) is 0.167. The van der Waals surface area contributed by atoms with E-state index in [0.29, 0.717) is 11.1 Å². The molecule has 0 aliphatic carbocycles. The van der Waals surface area contributed by atoms with Crippen LogP contribution in [-0.2, 0) is 12.6 Å². The lowest BCUT2D eigenvalue weighted by atomic mass is 10.1. The predicted octanol–water partition coefficient (Wildman–Crippen LogP) is 4.05. The molecule has 28 heavy (non-hydrogen) atoms. The number of amides is 1. The van der Waals surface area contributed by atoms with Gasteiger partial charge < -0.3 is 5.32 Å². The molecule has 0 aliphatic rings. The summed E-state index contributed by atoms with van der Waals surface area (Å²) >= 11 is 5.73. The Kier molecular flexibility index (Phi) is 5.64. The normalized spacial score (nSPS) is 11.5. The number of halogens is 5. The monoisotopic (exact) mass is 412 g/mol. The molecule has 0 aliphatic heterocycles. The number of carbonyl (C=O) groups excluding carboxylic acids is 1. The fourth-order valence-corrected chi connectivity index (χ4v) is 2.70. The van der Waals surface area contributed by atoms with E-state index in [2.05, 4.69) is 15.4 Å². The zero-order valence-electron chi connectivity index (χ0n) is 14.2. The Hall–Kier alpha value is -2.94. The van der Waals surface area contributed by atoms with E-state index in [4.69, 9.17) is 11.6 Å². The third-order valence-electron chi connectivity index (χ3n) is 3.81. The van der Waals surface area contributed by atoms with Gasteiger partial charge in [0.25, 0.3) is 5.91 Å². The highest BCUT2D eigenvalue weighted by Gasteiger charge is 2.40. The van der Waals surface area contributed by atoms with E-state index < -0.39 is 29.2 Å². The Balaban J connectivity index is 1.81. The first kappa shape index (κ1) is 19.8. The molecule has 0 atom stereocenters. The van der Waals surface area contributed by atoms with Crippen LogP contribution in [-0.4, -0.2) is 27.2 Å². The van der Waals surface area contributed by atoms with Gasteiger partial charge in [0.05, 0.1) is 11.8 Å². The van der Waals surface area contributed by atoms with Gasteiger partial charge in [-0.05, 0) is 36.2 Å². The summed E-state index contributed by atoms with van der Waals surface area (Å²) in [5, 5.41) is 6.07. The number of benzene rings is 1. The third kappa shape index (κ3) is 4.48. The van der Waals surface area contributed by atoms with Gasteiger partial charge in [0.15, 0.2) is 11.5 Å². The largest absolute Gasteiger partial charge is 0.434 e. The summed E-state index contributed by atoms with van der Waals surface area (Å²) in [6.45, 7) is 0.0718. The molecule has 0 bridgehead atoms. The molecule has 2 aromatic heterocycles. The SMILES string of the molecule is O=C(NCCc1ccc(F)cc1)c1cnn(-c2cccc(Cl)n2)c1C(F)(F)F. The molecule has 3 rings (SSSR count). The minimum Gasteiger partial charge on any atom is -0.352 e. The van der Waals surface area contributed by atoms with Crippen molar-refractivity contribution in [2.45, 2.75) is 12.6 Å². The smallest absolute Gasteiger partial charge is 0.352 e. The summed E-state index contributed by atoms with van der Waals surface area (Å²) in [6.07, 6.45) is -3.68. The summed E-state index contributed by atoms with van der Waals surface area (Å²) in [4.78, 5) is 16.1. The second-order valence-electron chi connectivity index (χ2n) is 5.77. The van der Waals surface area contributed by atoms with Crippen molar-refractivity contribution in [3.8, 4) is 5.82 Å². The zero-order chi connectivity index (χ0) is 20.3. The highest BCUT2D eigenvalue weighted by molar-refractivity contribution is 6.29. The van der Waals surface area contributed by atoms with Gasteiger partial charge in [-0.25, -0.2) is 14.1 Å². The molecule has 3 aromatic rings. The summed E-state index contributed by atoms with van der Waals surface area (Å²) < 4.78 is 54.1. The predicted molar refractivity (Wildman–Crippen MR) is 93.8 cm³/mol. The summed E-state index contributed by atoms with van der Waals surface area (Å²) in [5.41, 5.74) is -1.15. The molecule has 0 saturated heterocycles. The van der Waals surface area contributed by atoms with Gasteiger partial charge in [0.2, 0.25) is 0 Å². The van der Waals surface area contributed by atoms with Crippen LogP contribution < -0.4 is 5.32 Å². The van der Waals surface area contributed by atoms with Crippen LogP contribution in [0.25, 0.3) is 5.82 Å². The van der Waals surface area contributed by atoms with Crippen LogP contribution in [0.2, 0.25) is 5.15 Å². The van der Waals surface area contributed by atoms with Crippen molar-refractivity contribution in [2.24, 2.45) is 0 Å². The Bertz CT molecular complexity index is 986. The van der Waals surface area contributed by atoms with Crippen LogP contribution in [0.15, 0.2) is 48.7 Å². The van der Waals surface area contributed by atoms with Gasteiger partial charge in [-0.3, -0.25) is 4.79 Å². The molecule has 1 N–H and O–H groups in total. The van der Waals surface area contributed by atoms with E-state index in [1.807, 2.05) is 0 Å². The minimum absolute atomic E-state index is 0.00794.